The number of hydrogen-bond acceptors (Lipinski definition) is 3. The summed E-state index contributed by atoms with van der Waals surface area (Å²) in [4.78, 5) is 0. The van der Waals surface area contributed by atoms with Crippen molar-refractivity contribution in [3.8, 4) is 0 Å². The molecule has 0 radical (unpaired) electrons. The van der Waals surface area contributed by atoms with E-state index < -0.39 is 6.10 Å². The molecule has 84 valence electrons. The van der Waals surface area contributed by atoms with E-state index >= 15 is 0 Å². The van der Waals surface area contributed by atoms with Gasteiger partial charge in [0, 0.05) is 19.4 Å². The molecule has 0 aliphatic heterocycles. The molecule has 1 aromatic carbocycles. The van der Waals surface area contributed by atoms with Gasteiger partial charge in [0.2, 0.25) is 0 Å². The lowest BCUT2D eigenvalue weighted by Gasteiger charge is -2.19. The maximum atomic E-state index is 10.0. The van der Waals surface area contributed by atoms with E-state index in [0.29, 0.717) is 12.3 Å². The van der Waals surface area contributed by atoms with Gasteiger partial charge in [0.15, 0.2) is 0 Å². The Morgan fingerprint density at radius 2 is 2.20 bits per heavy atom. The third-order valence-electron chi connectivity index (χ3n) is 2.57. The van der Waals surface area contributed by atoms with Crippen LogP contribution in [0.1, 0.15) is 25.0 Å². The summed E-state index contributed by atoms with van der Waals surface area (Å²) in [7, 11) is 1.67. The van der Waals surface area contributed by atoms with Crippen LogP contribution in [-0.4, -0.2) is 18.8 Å². The largest absolute Gasteiger partial charge is 0.399 e. The van der Waals surface area contributed by atoms with Gasteiger partial charge in [-0.15, -0.1) is 0 Å². The van der Waals surface area contributed by atoms with Crippen LogP contribution >= 0.6 is 0 Å². The lowest BCUT2D eigenvalue weighted by Crippen LogP contribution is -2.11. The first-order chi connectivity index (χ1) is 7.15. The highest BCUT2D eigenvalue weighted by Gasteiger charge is 2.15. The predicted molar refractivity (Wildman–Crippen MR) is 61.5 cm³/mol. The van der Waals surface area contributed by atoms with E-state index in [0.717, 1.165) is 12.0 Å². The third kappa shape index (κ3) is 3.53. The van der Waals surface area contributed by atoms with Crippen molar-refractivity contribution in [1.82, 2.24) is 0 Å². The number of anilines is 1. The average Bonchev–Trinajstić information content (AvgIpc) is 2.24. The monoisotopic (exact) mass is 209 g/mol. The van der Waals surface area contributed by atoms with Crippen LogP contribution in [0.25, 0.3) is 0 Å². The van der Waals surface area contributed by atoms with Crippen molar-refractivity contribution in [3.63, 3.8) is 0 Å². The van der Waals surface area contributed by atoms with Gasteiger partial charge in [-0.1, -0.05) is 19.1 Å². The van der Waals surface area contributed by atoms with Crippen LogP contribution in [0.5, 0.6) is 0 Å². The summed E-state index contributed by atoms with van der Waals surface area (Å²) in [5.41, 5.74) is 7.22. The number of aliphatic hydroxyl groups excluding tert-OH is 1. The molecule has 0 saturated heterocycles. The van der Waals surface area contributed by atoms with Gasteiger partial charge in [0.05, 0.1) is 6.10 Å². The molecule has 0 amide bonds. The van der Waals surface area contributed by atoms with Gasteiger partial charge in [-0.3, -0.25) is 0 Å². The Hall–Kier alpha value is -1.06. The third-order valence-corrected chi connectivity index (χ3v) is 2.57. The molecule has 1 rings (SSSR count). The van der Waals surface area contributed by atoms with Crippen molar-refractivity contribution in [2.75, 3.05) is 19.5 Å². The van der Waals surface area contributed by atoms with Crippen LogP contribution in [0, 0.1) is 5.92 Å². The zero-order valence-electron chi connectivity index (χ0n) is 9.31. The Labute approximate surface area is 90.9 Å². The second kappa shape index (κ2) is 5.73. The van der Waals surface area contributed by atoms with E-state index in [1.54, 1.807) is 7.11 Å². The molecule has 3 heteroatoms. The minimum Gasteiger partial charge on any atom is -0.399 e. The number of ether oxygens (including phenoxy) is 1. The molecule has 15 heavy (non-hydrogen) atoms. The maximum absolute atomic E-state index is 10.0. The number of hydrogen-bond donors (Lipinski definition) is 2. The molecule has 2 atom stereocenters. The fourth-order valence-electron chi connectivity index (χ4n) is 1.53. The molecule has 0 fully saturated rings. The van der Waals surface area contributed by atoms with E-state index in [2.05, 4.69) is 0 Å². The lowest BCUT2D eigenvalue weighted by molar-refractivity contribution is 0.0886. The number of nitrogen functional groups attached to an aromatic ring is 1. The minimum absolute atomic E-state index is 0.173. The van der Waals surface area contributed by atoms with E-state index in [1.807, 2.05) is 31.2 Å². The molecule has 0 aliphatic rings. The minimum atomic E-state index is -0.469. The normalized spacial score (nSPS) is 14.9. The van der Waals surface area contributed by atoms with Gasteiger partial charge in [-0.2, -0.15) is 0 Å². The molecule has 0 bridgehead atoms. The first kappa shape index (κ1) is 12.0. The molecular formula is C12H19NO2. The predicted octanol–water partition coefficient (Wildman–Crippen LogP) is 1.97. The zero-order valence-corrected chi connectivity index (χ0v) is 9.31. The topological polar surface area (TPSA) is 55.5 Å². The fourth-order valence-corrected chi connectivity index (χ4v) is 1.53. The summed E-state index contributed by atoms with van der Waals surface area (Å²) in [5, 5.41) is 10.0. The van der Waals surface area contributed by atoms with Crippen LogP contribution < -0.4 is 5.73 Å². The summed E-state index contributed by atoms with van der Waals surface area (Å²) < 4.78 is 4.99. The highest BCUT2D eigenvalue weighted by molar-refractivity contribution is 5.41. The highest BCUT2D eigenvalue weighted by atomic mass is 16.5. The SMILES string of the molecule is COCCC(C)C(O)c1cccc(N)c1. The summed E-state index contributed by atoms with van der Waals surface area (Å²) in [6.45, 7) is 2.67. The lowest BCUT2D eigenvalue weighted by atomic mass is 9.95. The molecule has 0 saturated carbocycles. The Morgan fingerprint density at radius 1 is 1.47 bits per heavy atom. The van der Waals surface area contributed by atoms with Crippen LogP contribution in [0.3, 0.4) is 0 Å². The summed E-state index contributed by atoms with van der Waals surface area (Å²) in [5.74, 6) is 0.173. The summed E-state index contributed by atoms with van der Waals surface area (Å²) in [6, 6.07) is 7.38. The van der Waals surface area contributed by atoms with Crippen LogP contribution in [0.15, 0.2) is 24.3 Å². The molecule has 0 aliphatic carbocycles. The van der Waals surface area contributed by atoms with Gasteiger partial charge in [-0.05, 0) is 30.0 Å². The van der Waals surface area contributed by atoms with Gasteiger partial charge in [0.1, 0.15) is 0 Å². The van der Waals surface area contributed by atoms with E-state index in [-0.39, 0.29) is 5.92 Å². The second-order valence-electron chi connectivity index (χ2n) is 3.87. The molecule has 3 N–H and O–H groups in total. The Bertz CT molecular complexity index is 301. The first-order valence-corrected chi connectivity index (χ1v) is 5.17. The number of rotatable bonds is 5. The first-order valence-electron chi connectivity index (χ1n) is 5.17. The van der Waals surface area contributed by atoms with Crippen molar-refractivity contribution in [3.05, 3.63) is 29.8 Å². The molecule has 0 aromatic heterocycles. The Morgan fingerprint density at radius 3 is 2.80 bits per heavy atom. The average molecular weight is 209 g/mol. The zero-order chi connectivity index (χ0) is 11.3. The summed E-state index contributed by atoms with van der Waals surface area (Å²) >= 11 is 0. The smallest absolute Gasteiger partial charge is 0.0817 e. The highest BCUT2D eigenvalue weighted by Crippen LogP contribution is 2.25. The van der Waals surface area contributed by atoms with Crippen LogP contribution in [0.4, 0.5) is 5.69 Å². The van der Waals surface area contributed by atoms with Crippen molar-refractivity contribution in [2.24, 2.45) is 5.92 Å². The van der Waals surface area contributed by atoms with Gasteiger partial charge < -0.3 is 15.6 Å². The van der Waals surface area contributed by atoms with E-state index in [4.69, 9.17) is 10.5 Å². The van der Waals surface area contributed by atoms with Crippen molar-refractivity contribution >= 4 is 5.69 Å². The standard InChI is InChI=1S/C12H19NO2/c1-9(6-7-15-2)12(14)10-4-3-5-11(13)8-10/h3-5,8-9,12,14H,6-7,13H2,1-2H3. The maximum Gasteiger partial charge on any atom is 0.0817 e. The van der Waals surface area contributed by atoms with Crippen molar-refractivity contribution in [2.45, 2.75) is 19.4 Å². The van der Waals surface area contributed by atoms with Crippen LogP contribution in [0.2, 0.25) is 0 Å². The Balaban J connectivity index is 2.62. The van der Waals surface area contributed by atoms with Gasteiger partial charge >= 0.3 is 0 Å². The molecular weight excluding hydrogens is 190 g/mol. The second-order valence-corrected chi connectivity index (χ2v) is 3.87. The number of aliphatic hydroxyl groups is 1. The number of methoxy groups -OCH3 is 1. The van der Waals surface area contributed by atoms with Crippen LogP contribution in [-0.2, 0) is 4.74 Å². The molecule has 3 nitrogen and oxygen atoms in total. The van der Waals surface area contributed by atoms with Crippen molar-refractivity contribution in [1.29, 1.82) is 0 Å². The fraction of sp³-hybridized carbons (Fsp3) is 0.500. The van der Waals surface area contributed by atoms with Gasteiger partial charge in [-0.25, -0.2) is 0 Å². The van der Waals surface area contributed by atoms with Crippen molar-refractivity contribution < 1.29 is 9.84 Å². The molecule has 0 spiro atoms. The molecule has 2 unspecified atom stereocenters. The van der Waals surface area contributed by atoms with E-state index in [1.165, 1.54) is 0 Å². The molecule has 0 heterocycles. The van der Waals surface area contributed by atoms with Gasteiger partial charge in [0.25, 0.3) is 0 Å². The molecule has 1 aromatic rings. The number of nitrogens with two attached hydrogens (primary N) is 1. The Kier molecular flexibility index (Phi) is 4.59. The quantitative estimate of drug-likeness (QED) is 0.729. The number of benzene rings is 1. The summed E-state index contributed by atoms with van der Waals surface area (Å²) in [6.07, 6.45) is 0.371. The van der Waals surface area contributed by atoms with E-state index in [9.17, 15) is 5.11 Å².